The molecule has 0 atom stereocenters. The Kier molecular flexibility index (Phi) is 4.30. The van der Waals surface area contributed by atoms with Crippen molar-refractivity contribution in [3.8, 4) is 0 Å². The normalized spacial score (nSPS) is 17.2. The molecule has 1 aromatic heterocycles. The van der Waals surface area contributed by atoms with Crippen molar-refractivity contribution in [2.24, 2.45) is 0 Å². The van der Waals surface area contributed by atoms with Gasteiger partial charge in [-0.15, -0.1) is 5.10 Å². The maximum Gasteiger partial charge on any atom is 0.244 e. The number of nitrogens with one attached hydrogen (secondary N) is 1. The molecule has 0 aromatic carbocycles. The molecule has 1 saturated heterocycles. The summed E-state index contributed by atoms with van der Waals surface area (Å²) in [5.74, 6) is 1.53. The van der Waals surface area contributed by atoms with Crippen LogP contribution in [0.1, 0.15) is 20.8 Å². The third-order valence-electron chi connectivity index (χ3n) is 3.11. The predicted octanol–water partition coefficient (Wildman–Crippen LogP) is 0.834. The third-order valence-corrected chi connectivity index (χ3v) is 3.11. The molecule has 1 aliphatic rings. The Bertz CT molecular complexity index is 373. The van der Waals surface area contributed by atoms with Gasteiger partial charge in [0.25, 0.3) is 0 Å². The topological polar surface area (TPSA) is 57.2 Å². The average Bonchev–Trinajstić information content (AvgIpc) is 2.38. The Morgan fingerprint density at radius 2 is 2.00 bits per heavy atom. The van der Waals surface area contributed by atoms with Crippen molar-refractivity contribution in [1.82, 2.24) is 20.1 Å². The molecule has 18 heavy (non-hydrogen) atoms. The second-order valence-corrected chi connectivity index (χ2v) is 4.86. The van der Waals surface area contributed by atoms with Crippen molar-refractivity contribution in [2.45, 2.75) is 26.8 Å². The van der Waals surface area contributed by atoms with Gasteiger partial charge in [0.2, 0.25) is 5.95 Å². The monoisotopic (exact) mass is 250 g/mol. The molecule has 1 aliphatic heterocycles. The number of hydrogen-bond acceptors (Lipinski definition) is 6. The van der Waals surface area contributed by atoms with E-state index in [0.29, 0.717) is 12.0 Å². The second-order valence-electron chi connectivity index (χ2n) is 4.86. The van der Waals surface area contributed by atoms with Gasteiger partial charge in [-0.25, -0.2) is 0 Å². The van der Waals surface area contributed by atoms with Crippen LogP contribution in [0.25, 0.3) is 0 Å². The Balaban J connectivity index is 2.00. The molecule has 100 valence electrons. The highest BCUT2D eigenvalue weighted by Crippen LogP contribution is 2.13. The fraction of sp³-hybridized carbons (Fsp3) is 0.750. The highest BCUT2D eigenvalue weighted by molar-refractivity contribution is 5.40. The van der Waals surface area contributed by atoms with Gasteiger partial charge in [0.05, 0.1) is 6.20 Å². The summed E-state index contributed by atoms with van der Waals surface area (Å²) in [4.78, 5) is 9.22. The molecule has 0 amide bonds. The van der Waals surface area contributed by atoms with Crippen LogP contribution >= 0.6 is 0 Å². The molecule has 1 fully saturated rings. The van der Waals surface area contributed by atoms with Crippen molar-refractivity contribution >= 4 is 11.8 Å². The number of nitrogens with zero attached hydrogens (tertiary/aromatic N) is 5. The molecule has 6 nitrogen and oxygen atoms in total. The van der Waals surface area contributed by atoms with Gasteiger partial charge >= 0.3 is 0 Å². The van der Waals surface area contributed by atoms with Gasteiger partial charge in [-0.1, -0.05) is 6.92 Å². The summed E-state index contributed by atoms with van der Waals surface area (Å²) < 4.78 is 0. The van der Waals surface area contributed by atoms with Crippen LogP contribution in [0.15, 0.2) is 6.20 Å². The van der Waals surface area contributed by atoms with E-state index in [1.807, 2.05) is 0 Å². The largest absolute Gasteiger partial charge is 0.353 e. The Labute approximate surface area is 108 Å². The molecular weight excluding hydrogens is 228 g/mol. The number of piperazine rings is 1. The zero-order valence-electron chi connectivity index (χ0n) is 11.4. The van der Waals surface area contributed by atoms with E-state index < -0.39 is 0 Å². The summed E-state index contributed by atoms with van der Waals surface area (Å²) in [6.45, 7) is 11.6. The van der Waals surface area contributed by atoms with Gasteiger partial charge in [0, 0.05) is 32.2 Å². The molecule has 0 aliphatic carbocycles. The van der Waals surface area contributed by atoms with Crippen LogP contribution < -0.4 is 10.2 Å². The van der Waals surface area contributed by atoms with Crippen LogP contribution in [0.5, 0.6) is 0 Å². The van der Waals surface area contributed by atoms with E-state index >= 15 is 0 Å². The number of rotatable bonds is 4. The smallest absolute Gasteiger partial charge is 0.244 e. The molecule has 1 aromatic rings. The number of hydrogen-bond donors (Lipinski definition) is 1. The van der Waals surface area contributed by atoms with Gasteiger partial charge in [0.1, 0.15) is 0 Å². The highest BCUT2D eigenvalue weighted by atomic mass is 15.3. The first-order valence-electron chi connectivity index (χ1n) is 6.62. The van der Waals surface area contributed by atoms with E-state index in [1.165, 1.54) is 0 Å². The van der Waals surface area contributed by atoms with Gasteiger partial charge in [-0.05, 0) is 20.4 Å². The quantitative estimate of drug-likeness (QED) is 0.854. The lowest BCUT2D eigenvalue weighted by Gasteiger charge is -2.34. The molecular formula is C12H22N6. The van der Waals surface area contributed by atoms with Gasteiger partial charge in [-0.2, -0.15) is 10.1 Å². The van der Waals surface area contributed by atoms with E-state index in [4.69, 9.17) is 0 Å². The lowest BCUT2D eigenvalue weighted by molar-refractivity contribution is 0.270. The summed E-state index contributed by atoms with van der Waals surface area (Å²) in [7, 11) is 0. The van der Waals surface area contributed by atoms with Crippen molar-refractivity contribution in [3.05, 3.63) is 6.20 Å². The third kappa shape index (κ3) is 3.29. The zero-order valence-corrected chi connectivity index (χ0v) is 11.4. The molecule has 1 N–H and O–H groups in total. The summed E-state index contributed by atoms with van der Waals surface area (Å²) in [6.07, 6.45) is 1.74. The zero-order chi connectivity index (χ0) is 13.0. The van der Waals surface area contributed by atoms with Crippen LogP contribution in [0, 0.1) is 0 Å². The predicted molar refractivity (Wildman–Crippen MR) is 72.9 cm³/mol. The van der Waals surface area contributed by atoms with Crippen molar-refractivity contribution in [3.63, 3.8) is 0 Å². The van der Waals surface area contributed by atoms with Gasteiger partial charge in [0.15, 0.2) is 5.82 Å². The maximum atomic E-state index is 4.51. The van der Waals surface area contributed by atoms with Crippen molar-refractivity contribution < 1.29 is 0 Å². The van der Waals surface area contributed by atoms with E-state index in [9.17, 15) is 0 Å². The minimum absolute atomic E-state index is 0.319. The number of likely N-dealkylation sites (N-methyl/N-ethyl adjacent to an activating group) is 1. The van der Waals surface area contributed by atoms with Crippen LogP contribution in [0.3, 0.4) is 0 Å². The highest BCUT2D eigenvalue weighted by Gasteiger charge is 2.17. The Morgan fingerprint density at radius 1 is 1.28 bits per heavy atom. The maximum absolute atomic E-state index is 4.51. The summed E-state index contributed by atoms with van der Waals surface area (Å²) in [6, 6.07) is 0.319. The van der Waals surface area contributed by atoms with Crippen molar-refractivity contribution in [2.75, 3.05) is 42.9 Å². The van der Waals surface area contributed by atoms with Crippen LogP contribution in [0.4, 0.5) is 11.8 Å². The van der Waals surface area contributed by atoms with Crippen LogP contribution in [0.2, 0.25) is 0 Å². The molecule has 0 unspecified atom stereocenters. The molecule has 2 heterocycles. The van der Waals surface area contributed by atoms with Crippen LogP contribution in [-0.2, 0) is 0 Å². The first kappa shape index (κ1) is 13.0. The average molecular weight is 250 g/mol. The number of anilines is 2. The first-order chi connectivity index (χ1) is 8.69. The first-order valence-corrected chi connectivity index (χ1v) is 6.62. The molecule has 0 radical (unpaired) electrons. The van der Waals surface area contributed by atoms with E-state index in [1.54, 1.807) is 6.20 Å². The minimum Gasteiger partial charge on any atom is -0.353 e. The molecule has 2 rings (SSSR count). The molecule has 6 heteroatoms. The second kappa shape index (κ2) is 5.95. The standard InChI is InChI=1S/C12H22N6/c1-4-17-5-7-18(8-6-17)11-9-13-16-12(15-11)14-10(2)3/h9-10H,4-8H2,1-3H3,(H,14,15,16). The van der Waals surface area contributed by atoms with Crippen molar-refractivity contribution in [1.29, 1.82) is 0 Å². The molecule has 0 bridgehead atoms. The van der Waals surface area contributed by atoms with E-state index in [2.05, 4.69) is 51.1 Å². The fourth-order valence-electron chi connectivity index (χ4n) is 2.06. The summed E-state index contributed by atoms with van der Waals surface area (Å²) in [5.41, 5.74) is 0. The molecule has 0 saturated carbocycles. The van der Waals surface area contributed by atoms with E-state index in [0.717, 1.165) is 38.5 Å². The summed E-state index contributed by atoms with van der Waals surface area (Å²) >= 11 is 0. The lowest BCUT2D eigenvalue weighted by atomic mass is 10.3. The SMILES string of the molecule is CCN1CCN(c2cnnc(NC(C)C)n2)CC1. The van der Waals surface area contributed by atoms with E-state index in [-0.39, 0.29) is 0 Å². The van der Waals surface area contributed by atoms with Gasteiger partial charge in [-0.3, -0.25) is 0 Å². The lowest BCUT2D eigenvalue weighted by Crippen LogP contribution is -2.46. The fourth-order valence-corrected chi connectivity index (χ4v) is 2.06. The van der Waals surface area contributed by atoms with Gasteiger partial charge < -0.3 is 15.1 Å². The summed E-state index contributed by atoms with van der Waals surface area (Å²) in [5, 5.41) is 11.2. The Hall–Kier alpha value is -1.43. The number of aromatic nitrogens is 3. The molecule has 0 spiro atoms. The van der Waals surface area contributed by atoms with Crippen LogP contribution in [-0.4, -0.2) is 58.8 Å². The Morgan fingerprint density at radius 3 is 2.61 bits per heavy atom. The minimum atomic E-state index is 0.319.